The van der Waals surface area contributed by atoms with Crippen LogP contribution in [0, 0.1) is 11.3 Å². The number of imidazole rings is 1. The number of halogens is 2. The van der Waals surface area contributed by atoms with E-state index in [1.807, 2.05) is 18.3 Å². The second kappa shape index (κ2) is 10.8. The average molecular weight is 584 g/mol. The fraction of sp³-hybridized carbons (Fsp3) is 0.136. The number of hydrogen-bond acceptors (Lipinski definition) is 7. The van der Waals surface area contributed by atoms with Crippen molar-refractivity contribution < 1.29 is 0 Å². The van der Waals surface area contributed by atoms with Gasteiger partial charge in [-0.2, -0.15) is 5.26 Å². The number of aromatic nitrogens is 5. The fourth-order valence-electron chi connectivity index (χ4n) is 3.04. The summed E-state index contributed by atoms with van der Waals surface area (Å²) in [5.41, 5.74) is 2.70. The van der Waals surface area contributed by atoms with E-state index in [9.17, 15) is 0 Å². The Labute approximate surface area is 211 Å². The monoisotopic (exact) mass is 584 g/mol. The van der Waals surface area contributed by atoms with Gasteiger partial charge in [0.1, 0.15) is 6.07 Å². The van der Waals surface area contributed by atoms with Crippen molar-refractivity contribution in [2.45, 2.75) is 4.94 Å². The molecule has 0 unspecified atom stereocenters. The zero-order valence-corrected chi connectivity index (χ0v) is 21.9. The van der Waals surface area contributed by atoms with E-state index >= 15 is 0 Å². The van der Waals surface area contributed by atoms with Gasteiger partial charge in [0.2, 0.25) is 0 Å². The van der Waals surface area contributed by atoms with E-state index in [0.717, 1.165) is 14.8 Å². The molecule has 0 atom stereocenters. The van der Waals surface area contributed by atoms with Crippen LogP contribution in [-0.2, 0) is 0 Å². The SMILES string of the molecule is [CH3][Sn][c]1c[nH]c(-c2cnc(NCCNc3ccc(C#N)cn3)nc2-c2ccc(Cl)cc2Cl)n1. The summed E-state index contributed by atoms with van der Waals surface area (Å²) < 4.78 is 1.12. The summed E-state index contributed by atoms with van der Waals surface area (Å²) >= 11 is 11.9. The van der Waals surface area contributed by atoms with Crippen molar-refractivity contribution in [2.24, 2.45) is 0 Å². The van der Waals surface area contributed by atoms with Crippen LogP contribution in [0.1, 0.15) is 5.56 Å². The van der Waals surface area contributed by atoms with Crippen molar-refractivity contribution in [3.8, 4) is 28.7 Å². The third-order valence-electron chi connectivity index (χ3n) is 4.67. The number of nitrogens with zero attached hydrogens (tertiary/aromatic N) is 5. The molecule has 33 heavy (non-hydrogen) atoms. The molecule has 3 heterocycles. The summed E-state index contributed by atoms with van der Waals surface area (Å²) in [7, 11) is 0. The quantitative estimate of drug-likeness (QED) is 0.212. The number of aromatic amines is 1. The third kappa shape index (κ3) is 5.74. The van der Waals surface area contributed by atoms with Gasteiger partial charge in [0.05, 0.1) is 5.56 Å². The molecule has 164 valence electrons. The Bertz CT molecular complexity index is 1300. The van der Waals surface area contributed by atoms with E-state index in [0.29, 0.717) is 52.0 Å². The molecule has 0 aliphatic rings. The van der Waals surface area contributed by atoms with Crippen LogP contribution in [0.3, 0.4) is 0 Å². The summed E-state index contributed by atoms with van der Waals surface area (Å²) in [6.45, 7) is 1.15. The standard InChI is InChI=1S/C21H15Cl2N8.CH3.Sn/c22-14-2-3-15(17(23)9-14)19-16(20-26-6-7-27-20)12-30-21(31-19)28-8-5-25-18-4-1-13(10-24)11-29-18;;/h1-4,6,9,11-12H,5,8H2,(H,25,29)(H,26,27)(H,28,30,31);1H3;. The van der Waals surface area contributed by atoms with Gasteiger partial charge in [0.15, 0.2) is 0 Å². The van der Waals surface area contributed by atoms with Crippen molar-refractivity contribution >= 4 is 59.8 Å². The number of rotatable bonds is 8. The molecule has 3 aromatic heterocycles. The number of hydrogen-bond donors (Lipinski definition) is 3. The van der Waals surface area contributed by atoms with Crippen LogP contribution in [-0.4, -0.2) is 59.2 Å². The van der Waals surface area contributed by atoms with Crippen LogP contribution < -0.4 is 14.3 Å². The third-order valence-corrected chi connectivity index (χ3v) is 7.41. The first-order chi connectivity index (χ1) is 16.1. The molecule has 1 aromatic carbocycles. The van der Waals surface area contributed by atoms with E-state index in [2.05, 4.69) is 30.5 Å². The van der Waals surface area contributed by atoms with Crippen LogP contribution in [0.25, 0.3) is 22.6 Å². The zero-order valence-electron chi connectivity index (χ0n) is 17.5. The number of H-pyrrole nitrogens is 1. The molecule has 4 aromatic rings. The van der Waals surface area contributed by atoms with Gasteiger partial charge < -0.3 is 0 Å². The number of benzene rings is 1. The fourth-order valence-corrected chi connectivity index (χ4v) is 4.80. The van der Waals surface area contributed by atoms with Gasteiger partial charge in [-0.1, -0.05) is 0 Å². The zero-order chi connectivity index (χ0) is 23.2. The first kappa shape index (κ1) is 23.3. The molecule has 4 rings (SSSR count). The Balaban J connectivity index is 1.54. The number of nitrogens with one attached hydrogen (secondary N) is 3. The normalized spacial score (nSPS) is 10.6. The molecule has 11 heteroatoms. The van der Waals surface area contributed by atoms with Crippen molar-refractivity contribution in [2.75, 3.05) is 23.7 Å². The molecule has 3 N–H and O–H groups in total. The summed E-state index contributed by atoms with van der Waals surface area (Å²) in [6.07, 6.45) is 5.22. The molecule has 0 fully saturated rings. The molecule has 0 amide bonds. The van der Waals surface area contributed by atoms with Crippen molar-refractivity contribution in [3.63, 3.8) is 0 Å². The Morgan fingerprint density at radius 1 is 1.03 bits per heavy atom. The molecular formula is C22H18Cl2N8Sn. The molecule has 2 radical (unpaired) electrons. The van der Waals surface area contributed by atoms with Gasteiger partial charge in [-0.05, 0) is 12.1 Å². The first-order valence-corrected chi connectivity index (χ1v) is 15.0. The molecule has 0 spiro atoms. The van der Waals surface area contributed by atoms with E-state index in [1.54, 1.807) is 30.5 Å². The molecule has 8 nitrogen and oxygen atoms in total. The second-order valence-electron chi connectivity index (χ2n) is 6.86. The van der Waals surface area contributed by atoms with Crippen molar-refractivity contribution in [1.82, 2.24) is 24.9 Å². The molecular weight excluding hydrogens is 566 g/mol. The molecule has 0 saturated heterocycles. The molecule has 0 aliphatic carbocycles. The Morgan fingerprint density at radius 3 is 2.58 bits per heavy atom. The Morgan fingerprint density at radius 2 is 1.88 bits per heavy atom. The van der Waals surface area contributed by atoms with Gasteiger partial charge in [-0.3, -0.25) is 0 Å². The summed E-state index contributed by atoms with van der Waals surface area (Å²) in [5, 5.41) is 16.3. The Hall–Kier alpha value is -2.87. The number of anilines is 2. The second-order valence-corrected chi connectivity index (χ2v) is 10.6. The topological polar surface area (TPSA) is 115 Å². The van der Waals surface area contributed by atoms with Crippen LogP contribution in [0.4, 0.5) is 11.8 Å². The number of pyridine rings is 1. The van der Waals surface area contributed by atoms with E-state index < -0.39 is 21.1 Å². The van der Waals surface area contributed by atoms with Gasteiger partial charge in [-0.25, -0.2) is 4.98 Å². The van der Waals surface area contributed by atoms with E-state index in [4.69, 9.17) is 38.4 Å². The van der Waals surface area contributed by atoms with Gasteiger partial charge in [0, 0.05) is 6.20 Å². The van der Waals surface area contributed by atoms with Crippen LogP contribution >= 0.6 is 23.2 Å². The predicted octanol–water partition coefficient (Wildman–Crippen LogP) is 4.01. The van der Waals surface area contributed by atoms with Crippen molar-refractivity contribution in [3.05, 3.63) is 64.5 Å². The maximum absolute atomic E-state index is 8.86. The minimum atomic E-state index is -0.667. The minimum absolute atomic E-state index is 0.466. The summed E-state index contributed by atoms with van der Waals surface area (Å²) in [4.78, 5) is 23.6. The van der Waals surface area contributed by atoms with Gasteiger partial charge >= 0.3 is 172 Å². The number of nitriles is 1. The van der Waals surface area contributed by atoms with Gasteiger partial charge in [-0.15, -0.1) is 0 Å². The Kier molecular flexibility index (Phi) is 7.65. The first-order valence-electron chi connectivity index (χ1n) is 9.97. The summed E-state index contributed by atoms with van der Waals surface area (Å²) in [6, 6.07) is 10.9. The molecule has 0 bridgehead atoms. The molecule has 0 aliphatic heterocycles. The molecule has 0 saturated carbocycles. The van der Waals surface area contributed by atoms with Crippen molar-refractivity contribution in [1.29, 1.82) is 5.26 Å². The van der Waals surface area contributed by atoms with Crippen LogP contribution in [0.5, 0.6) is 0 Å². The van der Waals surface area contributed by atoms with Gasteiger partial charge in [0.25, 0.3) is 0 Å². The van der Waals surface area contributed by atoms with E-state index in [-0.39, 0.29) is 0 Å². The predicted molar refractivity (Wildman–Crippen MR) is 132 cm³/mol. The van der Waals surface area contributed by atoms with E-state index in [1.165, 1.54) is 6.20 Å². The maximum atomic E-state index is 8.86. The summed E-state index contributed by atoms with van der Waals surface area (Å²) in [5.74, 6) is 1.87. The van der Waals surface area contributed by atoms with Crippen LogP contribution in [0.2, 0.25) is 15.0 Å². The van der Waals surface area contributed by atoms with Crippen LogP contribution in [0.15, 0.2) is 48.9 Å². The average Bonchev–Trinajstić information content (AvgIpc) is 3.31.